The van der Waals surface area contributed by atoms with Gasteiger partial charge in [-0.15, -0.1) is 0 Å². The van der Waals surface area contributed by atoms with E-state index in [0.29, 0.717) is 0 Å². The van der Waals surface area contributed by atoms with Crippen molar-refractivity contribution < 1.29 is 4.79 Å². The van der Waals surface area contributed by atoms with Gasteiger partial charge in [0.1, 0.15) is 5.69 Å². The van der Waals surface area contributed by atoms with Crippen LogP contribution in [0.5, 0.6) is 0 Å². The monoisotopic (exact) mass is 271 g/mol. The van der Waals surface area contributed by atoms with Crippen molar-refractivity contribution >= 4 is 21.7 Å². The molecule has 0 aromatic carbocycles. The Hall–Kier alpha value is -0.680. The molecule has 0 amide bonds. The maximum absolute atomic E-state index is 12.1. The standard InChI is InChI=1S/C10H14BrN3O/c1-2-3-14-9(8(11)6-13-14)10(15)7-4-12-5-7/h6-7,12H,2-5H2,1H3. The maximum Gasteiger partial charge on any atom is 0.187 e. The molecule has 15 heavy (non-hydrogen) atoms. The Kier molecular flexibility index (Phi) is 3.21. The Morgan fingerprint density at radius 1 is 1.73 bits per heavy atom. The van der Waals surface area contributed by atoms with Gasteiger partial charge in [-0.1, -0.05) is 6.92 Å². The number of Topliss-reactive ketones (excluding diaryl/α,β-unsaturated/α-hetero) is 1. The number of nitrogens with one attached hydrogen (secondary N) is 1. The lowest BCUT2D eigenvalue weighted by atomic mass is 9.96. The molecule has 1 N–H and O–H groups in total. The molecule has 2 rings (SSSR count). The van der Waals surface area contributed by atoms with Gasteiger partial charge in [-0.3, -0.25) is 9.48 Å². The molecule has 2 heterocycles. The Balaban J connectivity index is 2.24. The Morgan fingerprint density at radius 2 is 2.47 bits per heavy atom. The van der Waals surface area contributed by atoms with Crippen LogP contribution in [0.4, 0.5) is 0 Å². The third-order valence-electron chi connectivity index (χ3n) is 2.62. The molecular weight excluding hydrogens is 258 g/mol. The minimum atomic E-state index is 0.133. The van der Waals surface area contributed by atoms with Gasteiger partial charge in [-0.05, 0) is 22.4 Å². The molecule has 0 atom stereocenters. The molecule has 1 aliphatic rings. The van der Waals surface area contributed by atoms with E-state index < -0.39 is 0 Å². The molecule has 82 valence electrons. The summed E-state index contributed by atoms with van der Waals surface area (Å²) in [5.41, 5.74) is 0.725. The van der Waals surface area contributed by atoms with Crippen molar-refractivity contribution in [2.75, 3.05) is 13.1 Å². The van der Waals surface area contributed by atoms with Crippen LogP contribution >= 0.6 is 15.9 Å². The lowest BCUT2D eigenvalue weighted by Crippen LogP contribution is -2.47. The summed E-state index contributed by atoms with van der Waals surface area (Å²) in [6.07, 6.45) is 2.69. The first kappa shape index (κ1) is 10.8. The molecular formula is C10H14BrN3O. The summed E-state index contributed by atoms with van der Waals surface area (Å²) in [5, 5.41) is 7.31. The zero-order chi connectivity index (χ0) is 10.8. The predicted molar refractivity (Wildman–Crippen MR) is 60.9 cm³/mol. The molecule has 1 aromatic heterocycles. The number of hydrogen-bond donors (Lipinski definition) is 1. The largest absolute Gasteiger partial charge is 0.315 e. The normalized spacial score (nSPS) is 16.4. The average molecular weight is 272 g/mol. The molecule has 1 saturated heterocycles. The molecule has 1 aliphatic heterocycles. The van der Waals surface area contributed by atoms with Crippen molar-refractivity contribution in [3.63, 3.8) is 0 Å². The maximum atomic E-state index is 12.1. The number of aromatic nitrogens is 2. The van der Waals surface area contributed by atoms with Crippen LogP contribution in [0.1, 0.15) is 23.8 Å². The second kappa shape index (κ2) is 4.45. The van der Waals surface area contributed by atoms with E-state index in [0.717, 1.165) is 36.2 Å². The average Bonchev–Trinajstić information content (AvgIpc) is 2.45. The van der Waals surface area contributed by atoms with Crippen LogP contribution in [0, 0.1) is 5.92 Å². The highest BCUT2D eigenvalue weighted by atomic mass is 79.9. The van der Waals surface area contributed by atoms with Crippen LogP contribution in [-0.2, 0) is 6.54 Å². The first-order valence-electron chi connectivity index (χ1n) is 5.20. The minimum absolute atomic E-state index is 0.133. The van der Waals surface area contributed by atoms with Crippen LogP contribution in [-0.4, -0.2) is 28.7 Å². The number of nitrogens with zero attached hydrogens (tertiary/aromatic N) is 2. The topological polar surface area (TPSA) is 46.9 Å². The number of carbonyl (C=O) groups excluding carboxylic acids is 1. The number of rotatable bonds is 4. The summed E-state index contributed by atoms with van der Waals surface area (Å²) < 4.78 is 2.61. The van der Waals surface area contributed by atoms with Crippen LogP contribution in [0.3, 0.4) is 0 Å². The lowest BCUT2D eigenvalue weighted by molar-refractivity contribution is 0.0865. The van der Waals surface area contributed by atoms with Crippen molar-refractivity contribution in [3.8, 4) is 0 Å². The summed E-state index contributed by atoms with van der Waals surface area (Å²) in [6, 6.07) is 0. The molecule has 0 saturated carbocycles. The SMILES string of the molecule is CCCn1ncc(Br)c1C(=O)C1CNC1. The first-order valence-corrected chi connectivity index (χ1v) is 5.99. The number of carbonyl (C=O) groups is 1. The van der Waals surface area contributed by atoms with Gasteiger partial charge in [0.15, 0.2) is 5.78 Å². The van der Waals surface area contributed by atoms with E-state index in [4.69, 9.17) is 0 Å². The van der Waals surface area contributed by atoms with Crippen LogP contribution in [0.2, 0.25) is 0 Å². The van der Waals surface area contributed by atoms with Gasteiger partial charge >= 0.3 is 0 Å². The Bertz CT molecular complexity index is 371. The van der Waals surface area contributed by atoms with E-state index in [1.165, 1.54) is 0 Å². The fraction of sp³-hybridized carbons (Fsp3) is 0.600. The molecule has 4 nitrogen and oxygen atoms in total. The molecule has 0 bridgehead atoms. The summed E-state index contributed by atoms with van der Waals surface area (Å²) in [6.45, 7) is 4.47. The summed E-state index contributed by atoms with van der Waals surface area (Å²) in [7, 11) is 0. The van der Waals surface area contributed by atoms with Crippen molar-refractivity contribution in [2.45, 2.75) is 19.9 Å². The second-order valence-electron chi connectivity index (χ2n) is 3.78. The molecule has 0 unspecified atom stereocenters. The van der Waals surface area contributed by atoms with Crippen molar-refractivity contribution in [3.05, 3.63) is 16.4 Å². The highest BCUT2D eigenvalue weighted by Gasteiger charge is 2.29. The van der Waals surface area contributed by atoms with Crippen molar-refractivity contribution in [2.24, 2.45) is 5.92 Å². The fourth-order valence-corrected chi connectivity index (χ4v) is 2.15. The zero-order valence-electron chi connectivity index (χ0n) is 8.66. The van der Waals surface area contributed by atoms with Crippen LogP contribution in [0.15, 0.2) is 10.7 Å². The van der Waals surface area contributed by atoms with Crippen molar-refractivity contribution in [1.29, 1.82) is 0 Å². The van der Waals surface area contributed by atoms with E-state index in [9.17, 15) is 4.79 Å². The number of halogens is 1. The van der Waals surface area contributed by atoms with Gasteiger partial charge in [0, 0.05) is 25.6 Å². The third kappa shape index (κ3) is 1.99. The van der Waals surface area contributed by atoms with Crippen LogP contribution in [0.25, 0.3) is 0 Å². The van der Waals surface area contributed by atoms with Gasteiger partial charge in [0.05, 0.1) is 10.7 Å². The van der Waals surface area contributed by atoms with Gasteiger partial charge in [0.25, 0.3) is 0 Å². The number of hydrogen-bond acceptors (Lipinski definition) is 3. The lowest BCUT2D eigenvalue weighted by Gasteiger charge is -2.25. The van der Waals surface area contributed by atoms with E-state index >= 15 is 0 Å². The van der Waals surface area contributed by atoms with E-state index in [1.54, 1.807) is 10.9 Å². The molecule has 5 heteroatoms. The van der Waals surface area contributed by atoms with Gasteiger partial charge < -0.3 is 5.32 Å². The molecule has 1 aromatic rings. The third-order valence-corrected chi connectivity index (χ3v) is 3.20. The van der Waals surface area contributed by atoms with E-state index in [1.807, 2.05) is 0 Å². The van der Waals surface area contributed by atoms with E-state index in [-0.39, 0.29) is 11.7 Å². The number of aryl methyl sites for hydroxylation is 1. The van der Waals surface area contributed by atoms with Crippen molar-refractivity contribution in [1.82, 2.24) is 15.1 Å². The highest BCUT2D eigenvalue weighted by Crippen LogP contribution is 2.21. The zero-order valence-corrected chi connectivity index (χ0v) is 10.2. The Morgan fingerprint density at radius 3 is 3.00 bits per heavy atom. The van der Waals surface area contributed by atoms with Crippen LogP contribution < -0.4 is 5.32 Å². The fourth-order valence-electron chi connectivity index (χ4n) is 1.66. The quantitative estimate of drug-likeness (QED) is 0.844. The smallest absolute Gasteiger partial charge is 0.187 e. The summed E-state index contributed by atoms with van der Waals surface area (Å²) in [5.74, 6) is 0.334. The van der Waals surface area contributed by atoms with Gasteiger partial charge in [-0.25, -0.2) is 0 Å². The van der Waals surface area contributed by atoms with Gasteiger partial charge in [-0.2, -0.15) is 5.10 Å². The molecule has 0 aliphatic carbocycles. The first-order chi connectivity index (χ1) is 7.24. The molecule has 0 spiro atoms. The highest BCUT2D eigenvalue weighted by molar-refractivity contribution is 9.10. The minimum Gasteiger partial charge on any atom is -0.315 e. The summed E-state index contributed by atoms with van der Waals surface area (Å²) in [4.78, 5) is 12.1. The summed E-state index contributed by atoms with van der Waals surface area (Å²) >= 11 is 3.38. The van der Waals surface area contributed by atoms with Gasteiger partial charge in [0.2, 0.25) is 0 Å². The molecule has 1 fully saturated rings. The molecule has 0 radical (unpaired) electrons. The Labute approximate surface area is 97.2 Å². The van der Waals surface area contributed by atoms with E-state index in [2.05, 4.69) is 33.3 Å². The number of ketones is 1. The second-order valence-corrected chi connectivity index (χ2v) is 4.64. The predicted octanol–water partition coefficient (Wildman–Crippen LogP) is 1.46.